The number of halogens is 3. The summed E-state index contributed by atoms with van der Waals surface area (Å²) in [4.78, 5) is 1.44. The molecule has 2 aliphatic heterocycles. The molecule has 0 radical (unpaired) electrons. The zero-order chi connectivity index (χ0) is 9.47. The van der Waals surface area contributed by atoms with E-state index in [9.17, 15) is 13.2 Å². The first-order valence-corrected chi connectivity index (χ1v) is 4.45. The van der Waals surface area contributed by atoms with Crippen molar-refractivity contribution >= 4 is 0 Å². The van der Waals surface area contributed by atoms with Crippen molar-refractivity contribution in [1.29, 1.82) is 0 Å². The summed E-state index contributed by atoms with van der Waals surface area (Å²) in [7, 11) is 0. The Labute approximate surface area is 74.7 Å². The molecule has 2 heterocycles. The maximum absolute atomic E-state index is 12.0. The molecule has 2 nitrogen and oxygen atoms in total. The second-order valence-corrected chi connectivity index (χ2v) is 3.77. The molecule has 13 heavy (non-hydrogen) atoms. The fourth-order valence-corrected chi connectivity index (χ4v) is 2.15. The van der Waals surface area contributed by atoms with Crippen LogP contribution in [-0.4, -0.2) is 43.4 Å². The molecule has 0 N–H and O–H groups in total. The Bertz CT molecular complexity index is 182. The summed E-state index contributed by atoms with van der Waals surface area (Å²) in [5.41, 5.74) is 0. The summed E-state index contributed by atoms with van der Waals surface area (Å²) in [6.07, 6.45) is -3.10. The molecule has 2 fully saturated rings. The molecule has 0 saturated carbocycles. The van der Waals surface area contributed by atoms with Crippen molar-refractivity contribution in [2.24, 2.45) is 5.92 Å². The van der Waals surface area contributed by atoms with E-state index >= 15 is 0 Å². The highest BCUT2D eigenvalue weighted by molar-refractivity contribution is 4.89. The standard InChI is InChI=1S/C8H12F3NO/c9-8(10,11)5-12-3-6-1-2-13-7(6)4-12/h6-7H,1-5H2. The summed E-state index contributed by atoms with van der Waals surface area (Å²) in [6.45, 7) is 0.924. The van der Waals surface area contributed by atoms with Crippen molar-refractivity contribution in [1.82, 2.24) is 4.90 Å². The van der Waals surface area contributed by atoms with E-state index in [0.717, 1.165) is 13.0 Å². The van der Waals surface area contributed by atoms with Gasteiger partial charge in [0.1, 0.15) is 0 Å². The Morgan fingerprint density at radius 3 is 2.69 bits per heavy atom. The molecule has 2 aliphatic rings. The van der Waals surface area contributed by atoms with E-state index in [1.54, 1.807) is 0 Å². The van der Waals surface area contributed by atoms with Crippen molar-refractivity contribution < 1.29 is 17.9 Å². The topological polar surface area (TPSA) is 12.5 Å². The van der Waals surface area contributed by atoms with Crippen LogP contribution in [0.4, 0.5) is 13.2 Å². The number of hydrogen-bond acceptors (Lipinski definition) is 2. The van der Waals surface area contributed by atoms with E-state index in [-0.39, 0.29) is 6.10 Å². The molecule has 0 aromatic rings. The summed E-state index contributed by atoms with van der Waals surface area (Å²) in [6, 6.07) is 0. The Hall–Kier alpha value is -0.290. The van der Waals surface area contributed by atoms with Gasteiger partial charge < -0.3 is 4.74 Å². The van der Waals surface area contributed by atoms with Crippen molar-refractivity contribution in [3.8, 4) is 0 Å². The molecule has 5 heteroatoms. The molecule has 2 saturated heterocycles. The minimum absolute atomic E-state index is 0.0577. The molecule has 0 aromatic carbocycles. The lowest BCUT2D eigenvalue weighted by Crippen LogP contribution is -2.33. The first kappa shape index (κ1) is 9.27. The van der Waals surface area contributed by atoms with Gasteiger partial charge in [-0.15, -0.1) is 0 Å². The number of alkyl halides is 3. The highest BCUT2D eigenvalue weighted by Gasteiger charge is 2.41. The molecule has 2 atom stereocenters. The summed E-state index contributed by atoms with van der Waals surface area (Å²) in [5.74, 6) is 0.336. The summed E-state index contributed by atoms with van der Waals surface area (Å²) in [5, 5.41) is 0. The van der Waals surface area contributed by atoms with Crippen molar-refractivity contribution in [2.75, 3.05) is 26.2 Å². The largest absolute Gasteiger partial charge is 0.401 e. The zero-order valence-electron chi connectivity index (χ0n) is 7.18. The van der Waals surface area contributed by atoms with Gasteiger partial charge in [0.25, 0.3) is 0 Å². The van der Waals surface area contributed by atoms with Crippen LogP contribution in [0.2, 0.25) is 0 Å². The number of likely N-dealkylation sites (tertiary alicyclic amines) is 1. The van der Waals surface area contributed by atoms with Gasteiger partial charge in [0, 0.05) is 25.6 Å². The minimum atomic E-state index is -4.07. The van der Waals surface area contributed by atoms with Crippen LogP contribution in [0.3, 0.4) is 0 Å². The number of rotatable bonds is 1. The third-order valence-electron chi connectivity index (χ3n) is 2.68. The van der Waals surface area contributed by atoms with Gasteiger partial charge >= 0.3 is 6.18 Å². The van der Waals surface area contributed by atoms with Crippen LogP contribution < -0.4 is 0 Å². The number of hydrogen-bond donors (Lipinski definition) is 0. The molecule has 0 amide bonds. The Morgan fingerprint density at radius 2 is 2.08 bits per heavy atom. The van der Waals surface area contributed by atoms with E-state index in [1.807, 2.05) is 0 Å². The number of nitrogens with zero attached hydrogens (tertiary/aromatic N) is 1. The molecule has 2 rings (SSSR count). The van der Waals surface area contributed by atoms with Gasteiger partial charge in [-0.1, -0.05) is 0 Å². The van der Waals surface area contributed by atoms with Crippen LogP contribution in [-0.2, 0) is 4.74 Å². The maximum atomic E-state index is 12.0. The summed E-state index contributed by atoms with van der Waals surface area (Å²) < 4.78 is 41.3. The lowest BCUT2D eigenvalue weighted by molar-refractivity contribution is -0.144. The average Bonchev–Trinajstić information content (AvgIpc) is 2.40. The van der Waals surface area contributed by atoms with Gasteiger partial charge in [-0.25, -0.2) is 0 Å². The number of ether oxygens (including phenoxy) is 1. The second kappa shape index (κ2) is 3.13. The predicted octanol–water partition coefficient (Wildman–Crippen LogP) is 1.27. The Kier molecular flexibility index (Phi) is 2.23. The van der Waals surface area contributed by atoms with Crippen LogP contribution >= 0.6 is 0 Å². The Morgan fingerprint density at radius 1 is 1.31 bits per heavy atom. The lowest BCUT2D eigenvalue weighted by Gasteiger charge is -2.18. The zero-order valence-corrected chi connectivity index (χ0v) is 7.18. The molecule has 76 valence electrons. The van der Waals surface area contributed by atoms with E-state index in [0.29, 0.717) is 19.0 Å². The van der Waals surface area contributed by atoms with Gasteiger partial charge in [0.05, 0.1) is 12.6 Å². The van der Waals surface area contributed by atoms with E-state index in [4.69, 9.17) is 4.74 Å². The lowest BCUT2D eigenvalue weighted by atomic mass is 10.1. The first-order valence-electron chi connectivity index (χ1n) is 4.45. The average molecular weight is 195 g/mol. The highest BCUT2D eigenvalue weighted by Crippen LogP contribution is 2.30. The SMILES string of the molecule is FC(F)(F)CN1CC2CCOC2C1. The fraction of sp³-hybridized carbons (Fsp3) is 1.00. The number of fused-ring (bicyclic) bond motifs is 1. The van der Waals surface area contributed by atoms with Crippen LogP contribution in [0, 0.1) is 5.92 Å². The molecule has 0 aliphatic carbocycles. The van der Waals surface area contributed by atoms with Crippen LogP contribution in [0.1, 0.15) is 6.42 Å². The van der Waals surface area contributed by atoms with Gasteiger partial charge in [-0.3, -0.25) is 4.90 Å². The highest BCUT2D eigenvalue weighted by atomic mass is 19.4. The van der Waals surface area contributed by atoms with Gasteiger partial charge in [-0.2, -0.15) is 13.2 Å². The van der Waals surface area contributed by atoms with E-state index < -0.39 is 12.7 Å². The van der Waals surface area contributed by atoms with Crippen LogP contribution in [0.25, 0.3) is 0 Å². The van der Waals surface area contributed by atoms with Crippen LogP contribution in [0.5, 0.6) is 0 Å². The molecular weight excluding hydrogens is 183 g/mol. The maximum Gasteiger partial charge on any atom is 0.401 e. The fourth-order valence-electron chi connectivity index (χ4n) is 2.15. The van der Waals surface area contributed by atoms with Crippen molar-refractivity contribution in [3.63, 3.8) is 0 Å². The van der Waals surface area contributed by atoms with Gasteiger partial charge in [-0.05, 0) is 6.42 Å². The second-order valence-electron chi connectivity index (χ2n) is 3.77. The van der Waals surface area contributed by atoms with E-state index in [1.165, 1.54) is 4.90 Å². The third-order valence-corrected chi connectivity index (χ3v) is 2.68. The molecule has 2 unspecified atom stereocenters. The van der Waals surface area contributed by atoms with Crippen molar-refractivity contribution in [3.05, 3.63) is 0 Å². The third kappa shape index (κ3) is 2.14. The molecule has 0 bridgehead atoms. The van der Waals surface area contributed by atoms with E-state index in [2.05, 4.69) is 0 Å². The minimum Gasteiger partial charge on any atom is -0.377 e. The Balaban J connectivity index is 1.85. The summed E-state index contributed by atoms with van der Waals surface area (Å²) >= 11 is 0. The predicted molar refractivity (Wildman–Crippen MR) is 40.3 cm³/mol. The van der Waals surface area contributed by atoms with Crippen LogP contribution in [0.15, 0.2) is 0 Å². The normalized spacial score (nSPS) is 35.3. The quantitative estimate of drug-likeness (QED) is 0.624. The monoisotopic (exact) mass is 195 g/mol. The first-order chi connectivity index (χ1) is 6.04. The van der Waals surface area contributed by atoms with Gasteiger partial charge in [0.15, 0.2) is 0 Å². The van der Waals surface area contributed by atoms with Gasteiger partial charge in [0.2, 0.25) is 0 Å². The smallest absolute Gasteiger partial charge is 0.377 e. The molecule has 0 spiro atoms. The van der Waals surface area contributed by atoms with Crippen molar-refractivity contribution in [2.45, 2.75) is 18.7 Å². The molecular formula is C8H12F3NO. The molecule has 0 aromatic heterocycles.